The Morgan fingerprint density at radius 2 is 2.17 bits per heavy atom. The summed E-state index contributed by atoms with van der Waals surface area (Å²) in [7, 11) is 0. The van der Waals surface area contributed by atoms with Gasteiger partial charge in [-0.1, -0.05) is 0 Å². The van der Waals surface area contributed by atoms with Gasteiger partial charge in [0.15, 0.2) is 0 Å². The number of furan rings is 1. The van der Waals surface area contributed by atoms with E-state index in [0.717, 1.165) is 0 Å². The summed E-state index contributed by atoms with van der Waals surface area (Å²) in [5, 5.41) is 11.2. The average molecular weight is 254 g/mol. The molecule has 0 aromatic carbocycles. The molecule has 1 heterocycles. The SMILES string of the molecule is NC(=O)CC[C@H](NC(=O)Cc1ccco1)C(=O)O. The van der Waals surface area contributed by atoms with Crippen molar-refractivity contribution in [3.8, 4) is 0 Å². The second kappa shape index (κ2) is 6.43. The number of hydrogen-bond donors (Lipinski definition) is 3. The first-order chi connectivity index (χ1) is 8.49. The molecule has 2 amide bonds. The molecule has 0 bridgehead atoms. The molecule has 98 valence electrons. The van der Waals surface area contributed by atoms with Crippen LogP contribution in [0.1, 0.15) is 18.6 Å². The van der Waals surface area contributed by atoms with Crippen molar-refractivity contribution in [2.24, 2.45) is 5.73 Å². The van der Waals surface area contributed by atoms with E-state index in [1.165, 1.54) is 6.26 Å². The van der Waals surface area contributed by atoms with Gasteiger partial charge in [-0.05, 0) is 18.6 Å². The lowest BCUT2D eigenvalue weighted by Gasteiger charge is -2.13. The van der Waals surface area contributed by atoms with E-state index in [1.54, 1.807) is 12.1 Å². The Bertz CT molecular complexity index is 427. The third-order valence-electron chi connectivity index (χ3n) is 2.23. The summed E-state index contributed by atoms with van der Waals surface area (Å²) in [5.41, 5.74) is 4.92. The largest absolute Gasteiger partial charge is 0.480 e. The summed E-state index contributed by atoms with van der Waals surface area (Å²) in [4.78, 5) is 32.9. The van der Waals surface area contributed by atoms with Gasteiger partial charge in [-0.25, -0.2) is 4.79 Å². The third-order valence-corrected chi connectivity index (χ3v) is 2.23. The van der Waals surface area contributed by atoms with Crippen molar-refractivity contribution in [2.45, 2.75) is 25.3 Å². The Balaban J connectivity index is 2.47. The van der Waals surface area contributed by atoms with Crippen LogP contribution >= 0.6 is 0 Å². The minimum atomic E-state index is -1.20. The van der Waals surface area contributed by atoms with Crippen LogP contribution in [0.5, 0.6) is 0 Å². The number of rotatable bonds is 7. The minimum Gasteiger partial charge on any atom is -0.480 e. The summed E-state index contributed by atoms with van der Waals surface area (Å²) >= 11 is 0. The number of carbonyl (C=O) groups is 3. The summed E-state index contributed by atoms with van der Waals surface area (Å²) in [6, 6.07) is 2.11. The van der Waals surface area contributed by atoms with Gasteiger partial charge in [-0.15, -0.1) is 0 Å². The quantitative estimate of drug-likeness (QED) is 0.614. The summed E-state index contributed by atoms with van der Waals surface area (Å²) < 4.78 is 4.96. The van der Waals surface area contributed by atoms with Crippen molar-refractivity contribution in [1.29, 1.82) is 0 Å². The second-order valence-corrected chi connectivity index (χ2v) is 3.72. The van der Waals surface area contributed by atoms with Gasteiger partial charge in [0, 0.05) is 6.42 Å². The smallest absolute Gasteiger partial charge is 0.326 e. The van der Waals surface area contributed by atoms with Gasteiger partial charge < -0.3 is 20.6 Å². The predicted octanol–water partition coefficient (Wildman–Crippen LogP) is -0.343. The molecule has 0 unspecified atom stereocenters. The highest BCUT2D eigenvalue weighted by molar-refractivity contribution is 5.85. The van der Waals surface area contributed by atoms with Crippen LogP contribution in [0.15, 0.2) is 22.8 Å². The van der Waals surface area contributed by atoms with Gasteiger partial charge in [0.2, 0.25) is 11.8 Å². The van der Waals surface area contributed by atoms with E-state index in [0.29, 0.717) is 5.76 Å². The van der Waals surface area contributed by atoms with E-state index in [2.05, 4.69) is 5.32 Å². The van der Waals surface area contributed by atoms with E-state index in [-0.39, 0.29) is 19.3 Å². The first kappa shape index (κ1) is 13.8. The van der Waals surface area contributed by atoms with Crippen LogP contribution in [-0.2, 0) is 20.8 Å². The van der Waals surface area contributed by atoms with Crippen LogP contribution < -0.4 is 11.1 Å². The Kier molecular flexibility index (Phi) is 4.91. The normalized spacial score (nSPS) is 11.8. The highest BCUT2D eigenvalue weighted by Crippen LogP contribution is 2.02. The van der Waals surface area contributed by atoms with E-state index in [4.69, 9.17) is 15.3 Å². The molecule has 7 nitrogen and oxygen atoms in total. The van der Waals surface area contributed by atoms with Gasteiger partial charge in [0.25, 0.3) is 0 Å². The summed E-state index contributed by atoms with van der Waals surface area (Å²) in [5.74, 6) is -1.86. The first-order valence-electron chi connectivity index (χ1n) is 5.32. The Hall–Kier alpha value is -2.31. The van der Waals surface area contributed by atoms with Gasteiger partial charge in [-0.2, -0.15) is 0 Å². The molecular formula is C11H14N2O5. The number of hydrogen-bond acceptors (Lipinski definition) is 4. The molecule has 0 saturated heterocycles. The predicted molar refractivity (Wildman–Crippen MR) is 60.4 cm³/mol. The van der Waals surface area contributed by atoms with Crippen molar-refractivity contribution < 1.29 is 23.9 Å². The van der Waals surface area contributed by atoms with Crippen molar-refractivity contribution in [1.82, 2.24) is 5.32 Å². The maximum Gasteiger partial charge on any atom is 0.326 e. The molecule has 0 spiro atoms. The molecule has 0 saturated carbocycles. The number of aliphatic carboxylic acids is 1. The maximum absolute atomic E-state index is 11.5. The van der Waals surface area contributed by atoms with E-state index in [9.17, 15) is 14.4 Å². The molecule has 0 radical (unpaired) electrons. The van der Waals surface area contributed by atoms with Gasteiger partial charge in [0.1, 0.15) is 11.8 Å². The summed E-state index contributed by atoms with van der Waals surface area (Å²) in [6.07, 6.45) is 1.24. The maximum atomic E-state index is 11.5. The Morgan fingerprint density at radius 1 is 1.44 bits per heavy atom. The third kappa shape index (κ3) is 4.69. The highest BCUT2D eigenvalue weighted by atomic mass is 16.4. The lowest BCUT2D eigenvalue weighted by Crippen LogP contribution is -2.42. The van der Waals surface area contributed by atoms with E-state index in [1.807, 2.05) is 0 Å². The summed E-state index contributed by atoms with van der Waals surface area (Å²) in [6.45, 7) is 0. The first-order valence-corrected chi connectivity index (χ1v) is 5.32. The molecule has 18 heavy (non-hydrogen) atoms. The lowest BCUT2D eigenvalue weighted by molar-refractivity contribution is -0.142. The fourth-order valence-electron chi connectivity index (χ4n) is 1.36. The topological polar surface area (TPSA) is 123 Å². The van der Waals surface area contributed by atoms with Crippen molar-refractivity contribution in [2.75, 3.05) is 0 Å². The fraction of sp³-hybridized carbons (Fsp3) is 0.364. The number of amides is 2. The molecule has 1 rings (SSSR count). The van der Waals surface area contributed by atoms with E-state index >= 15 is 0 Å². The number of carboxylic acid groups (broad SMARTS) is 1. The zero-order valence-corrected chi connectivity index (χ0v) is 9.59. The number of primary amides is 1. The minimum absolute atomic E-state index is 0.0332. The molecule has 1 aromatic heterocycles. The molecule has 0 aliphatic rings. The zero-order chi connectivity index (χ0) is 13.5. The number of nitrogens with one attached hydrogen (secondary N) is 1. The van der Waals surface area contributed by atoms with Gasteiger partial charge >= 0.3 is 5.97 Å². The van der Waals surface area contributed by atoms with Crippen LogP contribution in [0.3, 0.4) is 0 Å². The molecule has 0 aliphatic carbocycles. The molecule has 4 N–H and O–H groups in total. The van der Waals surface area contributed by atoms with Crippen LogP contribution in [-0.4, -0.2) is 28.9 Å². The van der Waals surface area contributed by atoms with Crippen LogP contribution in [0.2, 0.25) is 0 Å². The van der Waals surface area contributed by atoms with Crippen molar-refractivity contribution in [3.63, 3.8) is 0 Å². The van der Waals surface area contributed by atoms with Crippen molar-refractivity contribution in [3.05, 3.63) is 24.2 Å². The lowest BCUT2D eigenvalue weighted by atomic mass is 10.1. The number of nitrogens with two attached hydrogens (primary N) is 1. The van der Waals surface area contributed by atoms with Crippen LogP contribution in [0.25, 0.3) is 0 Å². The Morgan fingerprint density at radius 3 is 2.67 bits per heavy atom. The monoisotopic (exact) mass is 254 g/mol. The second-order valence-electron chi connectivity index (χ2n) is 3.72. The van der Waals surface area contributed by atoms with Gasteiger partial charge in [0.05, 0.1) is 12.7 Å². The molecule has 7 heteroatoms. The molecule has 1 atom stereocenters. The van der Waals surface area contributed by atoms with Crippen LogP contribution in [0, 0.1) is 0 Å². The van der Waals surface area contributed by atoms with Gasteiger partial charge in [-0.3, -0.25) is 9.59 Å². The van der Waals surface area contributed by atoms with E-state index < -0.39 is 23.8 Å². The fourth-order valence-corrected chi connectivity index (χ4v) is 1.36. The molecular weight excluding hydrogens is 240 g/mol. The van der Waals surface area contributed by atoms with Crippen molar-refractivity contribution >= 4 is 17.8 Å². The number of carbonyl (C=O) groups excluding carboxylic acids is 2. The Labute approximate surface area is 103 Å². The molecule has 1 aromatic rings. The highest BCUT2D eigenvalue weighted by Gasteiger charge is 2.20. The standard InChI is InChI=1S/C11H14N2O5/c12-9(14)4-3-8(11(16)17)13-10(15)6-7-2-1-5-18-7/h1-2,5,8H,3-4,6H2,(H2,12,14)(H,13,15)(H,16,17)/t8-/m0/s1. The molecule has 0 aliphatic heterocycles. The zero-order valence-electron chi connectivity index (χ0n) is 9.59. The average Bonchev–Trinajstić information content (AvgIpc) is 2.76. The number of carboxylic acids is 1. The molecule has 0 fully saturated rings. The van der Waals surface area contributed by atoms with Crippen LogP contribution in [0.4, 0.5) is 0 Å².